The summed E-state index contributed by atoms with van der Waals surface area (Å²) in [6.07, 6.45) is 0.449. The van der Waals surface area contributed by atoms with Crippen molar-refractivity contribution < 1.29 is 14.3 Å². The summed E-state index contributed by atoms with van der Waals surface area (Å²) >= 11 is 0. The zero-order valence-electron chi connectivity index (χ0n) is 8.13. The lowest BCUT2D eigenvalue weighted by Gasteiger charge is -2.19. The molecule has 4 N–H and O–H groups in total. The lowest BCUT2D eigenvalue weighted by molar-refractivity contribution is -0.124. The molecule has 6 nitrogen and oxygen atoms in total. The van der Waals surface area contributed by atoms with Gasteiger partial charge in [0.2, 0.25) is 0 Å². The molecule has 1 heterocycles. The van der Waals surface area contributed by atoms with E-state index in [0.717, 1.165) is 0 Å². The summed E-state index contributed by atoms with van der Waals surface area (Å²) in [5, 5.41) is 4.73. The van der Waals surface area contributed by atoms with Gasteiger partial charge in [-0.15, -0.1) is 0 Å². The summed E-state index contributed by atoms with van der Waals surface area (Å²) in [5.74, 6) is -0.307. The number of urea groups is 1. The Morgan fingerprint density at radius 2 is 2.14 bits per heavy atom. The third kappa shape index (κ3) is 2.43. The quantitative estimate of drug-likeness (QED) is 0.391. The normalized spacial score (nSPS) is 26.1. The highest BCUT2D eigenvalue weighted by molar-refractivity contribution is 6.06. The summed E-state index contributed by atoms with van der Waals surface area (Å²) < 4.78 is 5.14. The van der Waals surface area contributed by atoms with E-state index in [1.807, 2.05) is 0 Å². The number of hydrogen-bond acceptors (Lipinski definition) is 4. The summed E-state index contributed by atoms with van der Waals surface area (Å²) in [5.41, 5.74) is 4.39. The number of nitrogens with one attached hydrogen (secondary N) is 2. The van der Waals surface area contributed by atoms with E-state index in [-0.39, 0.29) is 5.91 Å². The van der Waals surface area contributed by atoms with Gasteiger partial charge in [0.1, 0.15) is 5.54 Å². The first kappa shape index (κ1) is 10.9. The zero-order chi connectivity index (χ0) is 10.6. The van der Waals surface area contributed by atoms with Gasteiger partial charge in [0.05, 0.1) is 6.61 Å². The molecule has 1 saturated heterocycles. The van der Waals surface area contributed by atoms with Crippen molar-refractivity contribution in [2.75, 3.05) is 19.8 Å². The van der Waals surface area contributed by atoms with Gasteiger partial charge >= 0.3 is 6.03 Å². The number of hydrogen-bond donors (Lipinski definition) is 3. The van der Waals surface area contributed by atoms with Crippen molar-refractivity contribution in [3.63, 3.8) is 0 Å². The highest BCUT2D eigenvalue weighted by Crippen LogP contribution is 2.14. The van der Waals surface area contributed by atoms with Crippen LogP contribution in [0.2, 0.25) is 0 Å². The van der Waals surface area contributed by atoms with Crippen LogP contribution in [0.5, 0.6) is 0 Å². The van der Waals surface area contributed by atoms with Crippen molar-refractivity contribution in [2.45, 2.75) is 18.9 Å². The molecule has 0 bridgehead atoms. The fourth-order valence-electron chi connectivity index (χ4n) is 1.22. The minimum atomic E-state index is -0.842. The number of carbonyl (C=O) groups excluding carboxylic acids is 2. The van der Waals surface area contributed by atoms with Crippen LogP contribution in [0.25, 0.3) is 0 Å². The molecule has 3 amide bonds. The van der Waals surface area contributed by atoms with Crippen LogP contribution in [0.3, 0.4) is 0 Å². The maximum Gasteiger partial charge on any atom is 0.322 e. The van der Waals surface area contributed by atoms with Gasteiger partial charge in [-0.05, 0) is 6.92 Å². The third-order valence-electron chi connectivity index (χ3n) is 2.13. The summed E-state index contributed by atoms with van der Waals surface area (Å²) in [7, 11) is 0. The second kappa shape index (κ2) is 4.39. The van der Waals surface area contributed by atoms with Gasteiger partial charge in [0.25, 0.3) is 5.91 Å². The highest BCUT2D eigenvalue weighted by Gasteiger charge is 2.41. The van der Waals surface area contributed by atoms with Gasteiger partial charge < -0.3 is 15.8 Å². The molecule has 0 aliphatic carbocycles. The molecule has 0 radical (unpaired) electrons. The number of carbonyl (C=O) groups is 2. The van der Waals surface area contributed by atoms with Crippen LogP contribution in [0, 0.1) is 0 Å². The van der Waals surface area contributed by atoms with E-state index in [9.17, 15) is 9.59 Å². The molecule has 1 aliphatic rings. The van der Waals surface area contributed by atoms with E-state index in [2.05, 4.69) is 10.6 Å². The van der Waals surface area contributed by atoms with Crippen molar-refractivity contribution >= 4 is 11.9 Å². The molecule has 1 unspecified atom stereocenters. The second-order valence-corrected chi connectivity index (χ2v) is 3.39. The van der Waals surface area contributed by atoms with Crippen LogP contribution in [0.4, 0.5) is 4.79 Å². The third-order valence-corrected chi connectivity index (χ3v) is 2.13. The minimum Gasteiger partial charge on any atom is -0.380 e. The molecule has 0 aromatic rings. The van der Waals surface area contributed by atoms with E-state index in [1.54, 1.807) is 6.92 Å². The molecular weight excluding hydrogens is 186 g/mol. The molecule has 0 aromatic heterocycles. The van der Waals surface area contributed by atoms with Crippen LogP contribution in [-0.2, 0) is 9.53 Å². The molecule has 0 spiro atoms. The standard InChI is InChI=1S/C8H15N3O3/c1-8(2-4-14-5-3-9)6(12)10-7(13)11-8/h2-5,9H2,1H3,(H2,10,11,12,13). The highest BCUT2D eigenvalue weighted by atomic mass is 16.5. The van der Waals surface area contributed by atoms with Crippen LogP contribution in [-0.4, -0.2) is 37.2 Å². The summed E-state index contributed by atoms with van der Waals surface area (Å²) in [6.45, 7) is 2.99. The van der Waals surface area contributed by atoms with Crippen molar-refractivity contribution in [1.29, 1.82) is 0 Å². The Morgan fingerprint density at radius 3 is 2.64 bits per heavy atom. The molecular formula is C8H15N3O3. The molecule has 1 rings (SSSR count). The minimum absolute atomic E-state index is 0.307. The Bertz CT molecular complexity index is 244. The Balaban J connectivity index is 2.35. The molecule has 0 saturated carbocycles. The number of ether oxygens (including phenoxy) is 1. The molecule has 0 aromatic carbocycles. The number of nitrogens with two attached hydrogens (primary N) is 1. The Labute approximate surface area is 82.2 Å². The SMILES string of the molecule is CC1(CCOCCN)NC(=O)NC1=O. The summed E-state index contributed by atoms with van der Waals surface area (Å²) in [4.78, 5) is 22.1. The van der Waals surface area contributed by atoms with Crippen molar-refractivity contribution in [3.05, 3.63) is 0 Å². The van der Waals surface area contributed by atoms with Gasteiger partial charge in [-0.25, -0.2) is 4.79 Å². The van der Waals surface area contributed by atoms with Gasteiger partial charge in [-0.1, -0.05) is 0 Å². The maximum absolute atomic E-state index is 11.3. The van der Waals surface area contributed by atoms with Crippen LogP contribution >= 0.6 is 0 Å². The van der Waals surface area contributed by atoms with Crippen molar-refractivity contribution in [3.8, 4) is 0 Å². The summed E-state index contributed by atoms with van der Waals surface area (Å²) in [6, 6.07) is -0.448. The average molecular weight is 201 g/mol. The predicted molar refractivity (Wildman–Crippen MR) is 49.6 cm³/mol. The number of imide groups is 1. The molecule has 6 heteroatoms. The fraction of sp³-hybridized carbons (Fsp3) is 0.750. The second-order valence-electron chi connectivity index (χ2n) is 3.39. The first-order chi connectivity index (χ1) is 6.58. The lowest BCUT2D eigenvalue weighted by atomic mass is 9.99. The van der Waals surface area contributed by atoms with E-state index in [4.69, 9.17) is 10.5 Å². The Morgan fingerprint density at radius 1 is 1.43 bits per heavy atom. The largest absolute Gasteiger partial charge is 0.380 e. The van der Waals surface area contributed by atoms with Gasteiger partial charge in [0, 0.05) is 19.6 Å². The van der Waals surface area contributed by atoms with Crippen molar-refractivity contribution in [2.24, 2.45) is 5.73 Å². The van der Waals surface area contributed by atoms with Crippen LogP contribution < -0.4 is 16.4 Å². The van der Waals surface area contributed by atoms with Gasteiger partial charge in [-0.3, -0.25) is 10.1 Å². The Hall–Kier alpha value is -1.14. The molecule has 1 fully saturated rings. The van der Waals surface area contributed by atoms with E-state index >= 15 is 0 Å². The molecule has 14 heavy (non-hydrogen) atoms. The zero-order valence-corrected chi connectivity index (χ0v) is 8.13. The van der Waals surface area contributed by atoms with Crippen LogP contribution in [0.15, 0.2) is 0 Å². The van der Waals surface area contributed by atoms with E-state index < -0.39 is 11.6 Å². The van der Waals surface area contributed by atoms with E-state index in [1.165, 1.54) is 0 Å². The smallest absolute Gasteiger partial charge is 0.322 e. The topological polar surface area (TPSA) is 93.4 Å². The average Bonchev–Trinajstić information content (AvgIpc) is 2.36. The fourth-order valence-corrected chi connectivity index (χ4v) is 1.22. The molecule has 1 aliphatic heterocycles. The Kier molecular flexibility index (Phi) is 3.43. The number of amides is 3. The maximum atomic E-state index is 11.3. The predicted octanol–water partition coefficient (Wildman–Crippen LogP) is -1.05. The first-order valence-electron chi connectivity index (χ1n) is 4.50. The molecule has 1 atom stereocenters. The molecule has 80 valence electrons. The van der Waals surface area contributed by atoms with E-state index in [0.29, 0.717) is 26.2 Å². The number of rotatable bonds is 5. The van der Waals surface area contributed by atoms with Gasteiger partial charge in [0.15, 0.2) is 0 Å². The lowest BCUT2D eigenvalue weighted by Crippen LogP contribution is -2.44. The monoisotopic (exact) mass is 201 g/mol. The first-order valence-corrected chi connectivity index (χ1v) is 4.50. The van der Waals surface area contributed by atoms with Crippen molar-refractivity contribution in [1.82, 2.24) is 10.6 Å². The van der Waals surface area contributed by atoms with Crippen LogP contribution in [0.1, 0.15) is 13.3 Å². The van der Waals surface area contributed by atoms with Gasteiger partial charge in [-0.2, -0.15) is 0 Å².